The van der Waals surface area contributed by atoms with Crippen LogP contribution in [-0.4, -0.2) is 69.8 Å². The number of rotatable bonds is 6. The molecule has 16 heavy (non-hydrogen) atoms. The smallest absolute Gasteiger partial charge is 0.213 e. The molecule has 1 saturated heterocycles. The largest absolute Gasteiger partial charge is 0.385 e. The Morgan fingerprint density at radius 1 is 1.19 bits per heavy atom. The van der Waals surface area contributed by atoms with E-state index in [-0.39, 0.29) is 5.75 Å². The Labute approximate surface area is 98.4 Å². The highest BCUT2D eigenvalue weighted by Crippen LogP contribution is 2.08. The molecule has 0 saturated carbocycles. The summed E-state index contributed by atoms with van der Waals surface area (Å²) in [4.78, 5) is 2.29. The third-order valence-electron chi connectivity index (χ3n) is 2.91. The summed E-state index contributed by atoms with van der Waals surface area (Å²) >= 11 is 0. The third-order valence-corrected chi connectivity index (χ3v) is 4.79. The van der Waals surface area contributed by atoms with Gasteiger partial charge in [0, 0.05) is 46.4 Å². The Morgan fingerprint density at radius 3 is 2.31 bits per heavy atom. The van der Waals surface area contributed by atoms with E-state index in [2.05, 4.69) is 4.90 Å². The van der Waals surface area contributed by atoms with Crippen LogP contribution < -0.4 is 0 Å². The summed E-state index contributed by atoms with van der Waals surface area (Å²) in [5, 5.41) is 0. The lowest BCUT2D eigenvalue weighted by Crippen LogP contribution is -2.49. The topological polar surface area (TPSA) is 49.9 Å². The lowest BCUT2D eigenvalue weighted by molar-refractivity contribution is 0.149. The number of hydrogen-bond acceptors (Lipinski definition) is 4. The van der Waals surface area contributed by atoms with E-state index in [0.717, 1.165) is 32.7 Å². The van der Waals surface area contributed by atoms with Crippen molar-refractivity contribution in [2.45, 2.75) is 13.3 Å². The van der Waals surface area contributed by atoms with Crippen LogP contribution in [0.1, 0.15) is 13.3 Å². The maximum Gasteiger partial charge on any atom is 0.213 e. The molecule has 1 rings (SSSR count). The Hall–Kier alpha value is -0.170. The molecular formula is C10H22N2O3S. The second-order valence-electron chi connectivity index (χ2n) is 3.99. The van der Waals surface area contributed by atoms with Crippen LogP contribution in [0.15, 0.2) is 0 Å². The van der Waals surface area contributed by atoms with Gasteiger partial charge < -0.3 is 9.64 Å². The number of hydrogen-bond donors (Lipinski definition) is 0. The zero-order chi connectivity index (χ0) is 12.0. The second kappa shape index (κ2) is 6.54. The van der Waals surface area contributed by atoms with Crippen LogP contribution in [0.3, 0.4) is 0 Å². The molecule has 0 spiro atoms. The van der Waals surface area contributed by atoms with Gasteiger partial charge in [-0.05, 0) is 13.3 Å². The highest BCUT2D eigenvalue weighted by molar-refractivity contribution is 7.89. The van der Waals surface area contributed by atoms with Crippen LogP contribution in [0.2, 0.25) is 0 Å². The van der Waals surface area contributed by atoms with Gasteiger partial charge in [0.15, 0.2) is 0 Å². The quantitative estimate of drug-likeness (QED) is 0.622. The van der Waals surface area contributed by atoms with E-state index < -0.39 is 10.0 Å². The minimum atomic E-state index is -2.99. The number of sulfonamides is 1. The monoisotopic (exact) mass is 250 g/mol. The van der Waals surface area contributed by atoms with Gasteiger partial charge in [0.2, 0.25) is 10.0 Å². The van der Waals surface area contributed by atoms with Gasteiger partial charge in [-0.15, -0.1) is 0 Å². The van der Waals surface area contributed by atoms with Crippen LogP contribution in [0.5, 0.6) is 0 Å². The third kappa shape index (κ3) is 4.01. The first-order chi connectivity index (χ1) is 7.60. The minimum Gasteiger partial charge on any atom is -0.385 e. The molecule has 0 radical (unpaired) electrons. The zero-order valence-electron chi connectivity index (χ0n) is 10.2. The highest BCUT2D eigenvalue weighted by atomic mass is 32.2. The number of piperazine rings is 1. The number of methoxy groups -OCH3 is 1. The van der Waals surface area contributed by atoms with Crippen LogP contribution in [-0.2, 0) is 14.8 Å². The zero-order valence-corrected chi connectivity index (χ0v) is 11.0. The van der Waals surface area contributed by atoms with Gasteiger partial charge >= 0.3 is 0 Å². The molecule has 0 bridgehead atoms. The van der Waals surface area contributed by atoms with Gasteiger partial charge in [0.25, 0.3) is 0 Å². The predicted molar refractivity (Wildman–Crippen MR) is 64.0 cm³/mol. The molecule has 1 aliphatic heterocycles. The summed E-state index contributed by atoms with van der Waals surface area (Å²) in [7, 11) is -1.29. The average Bonchev–Trinajstić information content (AvgIpc) is 2.30. The molecule has 96 valence electrons. The van der Waals surface area contributed by atoms with Gasteiger partial charge in [0.05, 0.1) is 5.75 Å². The van der Waals surface area contributed by atoms with Crippen molar-refractivity contribution >= 4 is 10.0 Å². The van der Waals surface area contributed by atoms with Crippen molar-refractivity contribution in [1.82, 2.24) is 9.21 Å². The fourth-order valence-electron chi connectivity index (χ4n) is 1.85. The van der Waals surface area contributed by atoms with Crippen molar-refractivity contribution in [2.24, 2.45) is 0 Å². The fraction of sp³-hybridized carbons (Fsp3) is 1.00. The van der Waals surface area contributed by atoms with Crippen molar-refractivity contribution in [3.05, 3.63) is 0 Å². The average molecular weight is 250 g/mol. The van der Waals surface area contributed by atoms with Crippen LogP contribution >= 0.6 is 0 Å². The normalized spacial score (nSPS) is 20.1. The molecule has 0 aromatic rings. The van der Waals surface area contributed by atoms with E-state index >= 15 is 0 Å². The number of ether oxygens (including phenoxy) is 1. The molecule has 0 aliphatic carbocycles. The van der Waals surface area contributed by atoms with Crippen LogP contribution in [0.4, 0.5) is 0 Å². The standard InChI is InChI=1S/C10H22N2O3S/c1-3-16(13,14)12-8-6-11(7-9-12)5-4-10-15-2/h3-10H2,1-2H3. The first kappa shape index (κ1) is 13.9. The minimum absolute atomic E-state index is 0.205. The van der Waals surface area contributed by atoms with E-state index in [9.17, 15) is 8.42 Å². The lowest BCUT2D eigenvalue weighted by atomic mass is 10.3. The molecule has 5 nitrogen and oxygen atoms in total. The molecule has 1 heterocycles. The summed E-state index contributed by atoms with van der Waals surface area (Å²) in [5.41, 5.74) is 0. The summed E-state index contributed by atoms with van der Waals surface area (Å²) in [6, 6.07) is 0. The molecule has 1 fully saturated rings. The van der Waals surface area contributed by atoms with Crippen molar-refractivity contribution in [3.63, 3.8) is 0 Å². The van der Waals surface area contributed by atoms with E-state index in [4.69, 9.17) is 4.74 Å². The Balaban J connectivity index is 2.29. The molecule has 0 amide bonds. The molecule has 0 atom stereocenters. The SMILES string of the molecule is CCS(=O)(=O)N1CCN(CCCOC)CC1. The first-order valence-electron chi connectivity index (χ1n) is 5.79. The second-order valence-corrected chi connectivity index (χ2v) is 6.25. The van der Waals surface area contributed by atoms with Crippen molar-refractivity contribution in [1.29, 1.82) is 0 Å². The molecule has 0 aromatic heterocycles. The Bertz CT molecular complexity index is 284. The molecular weight excluding hydrogens is 228 g/mol. The summed E-state index contributed by atoms with van der Waals surface area (Å²) in [6.45, 7) is 6.39. The van der Waals surface area contributed by atoms with E-state index in [1.54, 1.807) is 18.3 Å². The van der Waals surface area contributed by atoms with Crippen LogP contribution in [0.25, 0.3) is 0 Å². The molecule has 0 N–H and O–H groups in total. The maximum atomic E-state index is 11.6. The first-order valence-corrected chi connectivity index (χ1v) is 7.40. The van der Waals surface area contributed by atoms with Gasteiger partial charge in [-0.25, -0.2) is 8.42 Å². The maximum absolute atomic E-state index is 11.6. The molecule has 1 aliphatic rings. The number of nitrogens with zero attached hydrogens (tertiary/aromatic N) is 2. The highest BCUT2D eigenvalue weighted by Gasteiger charge is 2.24. The lowest BCUT2D eigenvalue weighted by Gasteiger charge is -2.33. The van der Waals surface area contributed by atoms with E-state index in [1.165, 1.54) is 0 Å². The molecule has 0 aromatic carbocycles. The van der Waals surface area contributed by atoms with Gasteiger partial charge in [-0.3, -0.25) is 0 Å². The Kier molecular flexibility index (Phi) is 5.68. The van der Waals surface area contributed by atoms with E-state index in [0.29, 0.717) is 13.1 Å². The van der Waals surface area contributed by atoms with Gasteiger partial charge in [-0.2, -0.15) is 4.31 Å². The summed E-state index contributed by atoms with van der Waals surface area (Å²) in [6.07, 6.45) is 1.01. The van der Waals surface area contributed by atoms with Crippen LogP contribution in [0, 0.1) is 0 Å². The summed E-state index contributed by atoms with van der Waals surface area (Å²) in [5.74, 6) is 0.205. The van der Waals surface area contributed by atoms with Crippen molar-refractivity contribution in [2.75, 3.05) is 52.2 Å². The fourth-order valence-corrected chi connectivity index (χ4v) is 2.93. The molecule has 0 unspecified atom stereocenters. The van der Waals surface area contributed by atoms with E-state index in [1.807, 2.05) is 0 Å². The van der Waals surface area contributed by atoms with Gasteiger partial charge in [-0.1, -0.05) is 0 Å². The predicted octanol–water partition coefficient (Wildman–Crippen LogP) is -0.00980. The van der Waals surface area contributed by atoms with Crippen molar-refractivity contribution < 1.29 is 13.2 Å². The molecule has 6 heteroatoms. The van der Waals surface area contributed by atoms with Crippen molar-refractivity contribution in [3.8, 4) is 0 Å². The summed E-state index contributed by atoms with van der Waals surface area (Å²) < 4.78 is 29.8. The Morgan fingerprint density at radius 2 is 1.81 bits per heavy atom. The van der Waals surface area contributed by atoms with Gasteiger partial charge in [0.1, 0.15) is 0 Å².